The van der Waals surface area contributed by atoms with E-state index in [1.54, 1.807) is 13.3 Å². The Morgan fingerprint density at radius 3 is 2.68 bits per heavy atom. The summed E-state index contributed by atoms with van der Waals surface area (Å²) in [4.78, 5) is 11.8. The van der Waals surface area contributed by atoms with Crippen LogP contribution in [0, 0.1) is 0 Å². The van der Waals surface area contributed by atoms with Crippen LogP contribution in [0.5, 0.6) is 11.5 Å². The first-order valence-electron chi connectivity index (χ1n) is 7.74. The molecule has 0 aromatic heterocycles. The van der Waals surface area contributed by atoms with E-state index in [1.807, 2.05) is 49.4 Å². The van der Waals surface area contributed by atoms with Crippen LogP contribution in [-0.4, -0.2) is 32.4 Å². The number of rotatable bonds is 8. The van der Waals surface area contributed by atoms with Crippen molar-refractivity contribution in [3.63, 3.8) is 0 Å². The molecule has 2 aromatic carbocycles. The molecule has 0 aliphatic heterocycles. The maximum atomic E-state index is 11.8. The van der Waals surface area contributed by atoms with Gasteiger partial charge in [0.1, 0.15) is 11.5 Å². The lowest BCUT2D eigenvalue weighted by molar-refractivity contribution is -0.119. The monoisotopic (exact) mass is 405 g/mol. The molecule has 25 heavy (non-hydrogen) atoms. The van der Waals surface area contributed by atoms with Crippen LogP contribution in [0.2, 0.25) is 0 Å². The van der Waals surface area contributed by atoms with Gasteiger partial charge in [-0.25, -0.2) is 5.43 Å². The third-order valence-corrected chi connectivity index (χ3v) is 3.70. The number of ether oxygens (including phenoxy) is 2. The van der Waals surface area contributed by atoms with Crippen molar-refractivity contribution in [3.8, 4) is 11.5 Å². The Labute approximate surface area is 155 Å². The molecule has 132 valence electrons. The molecule has 6 nitrogen and oxygen atoms in total. The highest BCUT2D eigenvalue weighted by Gasteiger charge is 2.02. The van der Waals surface area contributed by atoms with Crippen LogP contribution < -0.4 is 20.2 Å². The van der Waals surface area contributed by atoms with Crippen molar-refractivity contribution >= 4 is 33.7 Å². The zero-order chi connectivity index (χ0) is 18.1. The average molecular weight is 406 g/mol. The van der Waals surface area contributed by atoms with Crippen molar-refractivity contribution in [2.75, 3.05) is 25.6 Å². The molecule has 2 aromatic rings. The van der Waals surface area contributed by atoms with Gasteiger partial charge >= 0.3 is 0 Å². The molecule has 0 radical (unpaired) electrons. The summed E-state index contributed by atoms with van der Waals surface area (Å²) in [6.07, 6.45) is 1.54. The Morgan fingerprint density at radius 2 is 2.00 bits per heavy atom. The molecule has 2 N–H and O–H groups in total. The minimum Gasteiger partial charge on any atom is -0.496 e. The lowest BCUT2D eigenvalue weighted by Crippen LogP contribution is -2.25. The number of amides is 1. The van der Waals surface area contributed by atoms with Crippen molar-refractivity contribution in [2.45, 2.75) is 6.92 Å². The summed E-state index contributed by atoms with van der Waals surface area (Å²) >= 11 is 3.39. The lowest BCUT2D eigenvalue weighted by Gasteiger charge is -2.07. The molecule has 0 aliphatic carbocycles. The fourth-order valence-electron chi connectivity index (χ4n) is 2.04. The fraction of sp³-hybridized carbons (Fsp3) is 0.222. The van der Waals surface area contributed by atoms with Crippen molar-refractivity contribution in [1.82, 2.24) is 5.43 Å². The standard InChI is InChI=1S/C18H20BrN3O3/c1-3-25-16-7-5-15(6-8-16)20-12-18(23)22-21-11-13-10-14(19)4-9-17(13)24-2/h4-11,20H,3,12H2,1-2H3,(H,22,23)/b21-11-. The first-order valence-corrected chi connectivity index (χ1v) is 8.54. The number of benzene rings is 2. The van der Waals surface area contributed by atoms with E-state index in [-0.39, 0.29) is 12.5 Å². The number of carbonyl (C=O) groups is 1. The Morgan fingerprint density at radius 1 is 1.24 bits per heavy atom. The SMILES string of the molecule is CCOc1ccc(NCC(=O)N/N=C\c2cc(Br)ccc2OC)cc1. The summed E-state index contributed by atoms with van der Waals surface area (Å²) in [6.45, 7) is 2.66. The van der Waals surface area contributed by atoms with Gasteiger partial charge < -0.3 is 14.8 Å². The van der Waals surface area contributed by atoms with Crippen molar-refractivity contribution in [1.29, 1.82) is 0 Å². The van der Waals surface area contributed by atoms with Gasteiger partial charge in [0.15, 0.2) is 0 Å². The third kappa shape index (κ3) is 6.11. The smallest absolute Gasteiger partial charge is 0.259 e. The second-order valence-corrected chi connectivity index (χ2v) is 5.91. The predicted octanol–water partition coefficient (Wildman–Crippen LogP) is 3.42. The van der Waals surface area contributed by atoms with E-state index in [2.05, 4.69) is 31.8 Å². The molecular weight excluding hydrogens is 386 g/mol. The molecule has 2 rings (SSSR count). The van der Waals surface area contributed by atoms with E-state index in [4.69, 9.17) is 9.47 Å². The normalized spacial score (nSPS) is 10.5. The Bertz CT molecular complexity index is 733. The van der Waals surface area contributed by atoms with Gasteiger partial charge in [-0.1, -0.05) is 15.9 Å². The molecule has 0 fully saturated rings. The molecule has 0 atom stereocenters. The van der Waals surface area contributed by atoms with E-state index >= 15 is 0 Å². The number of methoxy groups -OCH3 is 1. The number of halogens is 1. The number of carbonyl (C=O) groups excluding carboxylic acids is 1. The van der Waals surface area contributed by atoms with E-state index < -0.39 is 0 Å². The van der Waals surface area contributed by atoms with Crippen LogP contribution in [0.25, 0.3) is 0 Å². The molecule has 0 heterocycles. The van der Waals surface area contributed by atoms with Gasteiger partial charge in [-0.3, -0.25) is 4.79 Å². The van der Waals surface area contributed by atoms with E-state index in [9.17, 15) is 4.79 Å². The van der Waals surface area contributed by atoms with Crippen LogP contribution >= 0.6 is 15.9 Å². The Hall–Kier alpha value is -2.54. The summed E-state index contributed by atoms with van der Waals surface area (Å²) < 4.78 is 11.5. The summed E-state index contributed by atoms with van der Waals surface area (Å²) in [6, 6.07) is 13.0. The molecule has 0 unspecified atom stereocenters. The number of hydrogen-bond donors (Lipinski definition) is 2. The number of hydrazone groups is 1. The van der Waals surface area contributed by atoms with E-state index in [0.29, 0.717) is 12.4 Å². The highest BCUT2D eigenvalue weighted by atomic mass is 79.9. The van der Waals surface area contributed by atoms with Crippen molar-refractivity contribution in [2.24, 2.45) is 5.10 Å². The second-order valence-electron chi connectivity index (χ2n) is 4.99. The molecule has 7 heteroatoms. The van der Waals surface area contributed by atoms with Crippen LogP contribution in [0.1, 0.15) is 12.5 Å². The van der Waals surface area contributed by atoms with E-state index in [1.165, 1.54) is 0 Å². The van der Waals surface area contributed by atoms with Gasteiger partial charge in [-0.15, -0.1) is 0 Å². The van der Waals surface area contributed by atoms with Crippen LogP contribution in [0.4, 0.5) is 5.69 Å². The molecule has 0 saturated heterocycles. The van der Waals surface area contributed by atoms with Crippen molar-refractivity contribution < 1.29 is 14.3 Å². The summed E-state index contributed by atoms with van der Waals surface area (Å²) in [5.74, 6) is 1.22. The average Bonchev–Trinajstić information content (AvgIpc) is 2.61. The summed E-state index contributed by atoms with van der Waals surface area (Å²) in [7, 11) is 1.58. The third-order valence-electron chi connectivity index (χ3n) is 3.20. The molecule has 0 bridgehead atoms. The van der Waals surface area contributed by atoms with Gasteiger partial charge in [0, 0.05) is 15.7 Å². The largest absolute Gasteiger partial charge is 0.496 e. The summed E-state index contributed by atoms with van der Waals surface area (Å²) in [5, 5.41) is 6.98. The van der Waals surface area contributed by atoms with Gasteiger partial charge in [0.05, 0.1) is 26.5 Å². The molecule has 0 aliphatic rings. The first-order chi connectivity index (χ1) is 12.1. The van der Waals surface area contributed by atoms with Gasteiger partial charge in [-0.2, -0.15) is 5.10 Å². The number of nitrogens with one attached hydrogen (secondary N) is 2. The minimum absolute atomic E-state index is 0.112. The highest BCUT2D eigenvalue weighted by molar-refractivity contribution is 9.10. The van der Waals surface area contributed by atoms with Crippen LogP contribution in [0.3, 0.4) is 0 Å². The maximum Gasteiger partial charge on any atom is 0.259 e. The molecular formula is C18H20BrN3O3. The predicted molar refractivity (Wildman–Crippen MR) is 103 cm³/mol. The maximum absolute atomic E-state index is 11.8. The van der Waals surface area contributed by atoms with Gasteiger partial charge in [0.25, 0.3) is 5.91 Å². The zero-order valence-corrected chi connectivity index (χ0v) is 15.7. The van der Waals surface area contributed by atoms with Crippen LogP contribution in [-0.2, 0) is 4.79 Å². The number of nitrogens with zero attached hydrogens (tertiary/aromatic N) is 1. The van der Waals surface area contributed by atoms with Crippen LogP contribution in [0.15, 0.2) is 52.0 Å². The molecule has 0 saturated carbocycles. The highest BCUT2D eigenvalue weighted by Crippen LogP contribution is 2.21. The molecule has 0 spiro atoms. The van der Waals surface area contributed by atoms with Gasteiger partial charge in [-0.05, 0) is 49.4 Å². The molecule has 1 amide bonds. The topological polar surface area (TPSA) is 72.0 Å². The number of anilines is 1. The van der Waals surface area contributed by atoms with Crippen molar-refractivity contribution in [3.05, 3.63) is 52.5 Å². The van der Waals surface area contributed by atoms with E-state index in [0.717, 1.165) is 21.5 Å². The summed E-state index contributed by atoms with van der Waals surface area (Å²) in [5.41, 5.74) is 4.07. The number of hydrogen-bond acceptors (Lipinski definition) is 5. The second kappa shape index (κ2) is 9.68. The Kier molecular flexibility index (Phi) is 7.28. The van der Waals surface area contributed by atoms with Gasteiger partial charge in [0.2, 0.25) is 0 Å². The first kappa shape index (κ1) is 18.8. The fourth-order valence-corrected chi connectivity index (χ4v) is 2.42. The quantitative estimate of drug-likeness (QED) is 0.521. The zero-order valence-electron chi connectivity index (χ0n) is 14.1. The Balaban J connectivity index is 1.83. The lowest BCUT2D eigenvalue weighted by atomic mass is 10.2. The minimum atomic E-state index is -0.251.